The van der Waals surface area contributed by atoms with Gasteiger partial charge in [0, 0.05) is 18.5 Å². The largest absolute Gasteiger partial charge is 0.393 e. The SMILES string of the molecule is [B]C(CC)(CC(C)O)OC(C)CC(C)(CC)OCC. The molecule has 0 fully saturated rings. The molecule has 3 nitrogen and oxygen atoms in total. The summed E-state index contributed by atoms with van der Waals surface area (Å²) in [5.41, 5.74) is -0.928. The number of aliphatic hydroxyl groups is 1. The fourth-order valence-electron chi connectivity index (χ4n) is 2.48. The van der Waals surface area contributed by atoms with Gasteiger partial charge in [-0.15, -0.1) is 0 Å². The minimum Gasteiger partial charge on any atom is -0.393 e. The zero-order valence-corrected chi connectivity index (χ0v) is 13.5. The van der Waals surface area contributed by atoms with Crippen molar-refractivity contribution in [3.05, 3.63) is 0 Å². The van der Waals surface area contributed by atoms with Crippen molar-refractivity contribution in [2.45, 2.75) is 90.5 Å². The normalized spacial score (nSPS) is 21.4. The highest BCUT2D eigenvalue weighted by molar-refractivity contribution is 6.14. The standard InChI is InChI=1S/C15H31BO3/c1-7-14(6,18-9-3)11-13(5)19-15(16,8-2)10-12(4)17/h12-13,17H,7-11H2,1-6H3. The van der Waals surface area contributed by atoms with E-state index in [2.05, 4.69) is 13.8 Å². The van der Waals surface area contributed by atoms with Gasteiger partial charge in [0.25, 0.3) is 0 Å². The van der Waals surface area contributed by atoms with Crippen LogP contribution in [0.5, 0.6) is 0 Å². The molecule has 0 heterocycles. The number of ether oxygens (including phenoxy) is 2. The molecule has 4 unspecified atom stereocenters. The molecule has 0 saturated heterocycles. The highest BCUT2D eigenvalue weighted by Crippen LogP contribution is 2.27. The molecule has 4 heteroatoms. The van der Waals surface area contributed by atoms with Crippen LogP contribution in [0.1, 0.15) is 67.2 Å². The number of hydrogen-bond acceptors (Lipinski definition) is 3. The molecule has 0 amide bonds. The van der Waals surface area contributed by atoms with E-state index in [1.807, 2.05) is 20.8 Å². The molecule has 0 aromatic heterocycles. The first-order valence-electron chi connectivity index (χ1n) is 7.49. The first kappa shape index (κ1) is 18.9. The lowest BCUT2D eigenvalue weighted by molar-refractivity contribution is -0.106. The molecule has 0 saturated carbocycles. The van der Waals surface area contributed by atoms with E-state index in [-0.39, 0.29) is 11.7 Å². The van der Waals surface area contributed by atoms with Crippen molar-refractivity contribution in [2.75, 3.05) is 6.61 Å². The van der Waals surface area contributed by atoms with Crippen molar-refractivity contribution >= 4 is 7.85 Å². The van der Waals surface area contributed by atoms with Crippen LogP contribution < -0.4 is 0 Å². The van der Waals surface area contributed by atoms with E-state index in [9.17, 15) is 5.11 Å². The Morgan fingerprint density at radius 1 is 1.11 bits per heavy atom. The summed E-state index contributed by atoms with van der Waals surface area (Å²) in [5, 5.41) is 9.51. The second-order valence-corrected chi connectivity index (χ2v) is 5.84. The molecule has 0 aliphatic rings. The van der Waals surface area contributed by atoms with Crippen LogP contribution in [0.25, 0.3) is 0 Å². The van der Waals surface area contributed by atoms with E-state index in [1.165, 1.54) is 0 Å². The number of aliphatic hydroxyl groups excluding tert-OH is 1. The maximum Gasteiger partial charge on any atom is 0.113 e. The predicted molar refractivity (Wildman–Crippen MR) is 80.6 cm³/mol. The van der Waals surface area contributed by atoms with Crippen molar-refractivity contribution in [1.29, 1.82) is 0 Å². The highest BCUT2D eigenvalue weighted by Gasteiger charge is 2.31. The van der Waals surface area contributed by atoms with Gasteiger partial charge in [-0.25, -0.2) is 0 Å². The van der Waals surface area contributed by atoms with Crippen LogP contribution in [0.3, 0.4) is 0 Å². The van der Waals surface area contributed by atoms with Crippen LogP contribution in [0.2, 0.25) is 0 Å². The van der Waals surface area contributed by atoms with Crippen LogP contribution >= 0.6 is 0 Å². The molecule has 0 aliphatic heterocycles. The predicted octanol–water partition coefficient (Wildman–Crippen LogP) is 3.03. The topological polar surface area (TPSA) is 38.7 Å². The van der Waals surface area contributed by atoms with Gasteiger partial charge in [-0.3, -0.25) is 0 Å². The van der Waals surface area contributed by atoms with Crippen LogP contribution in [-0.2, 0) is 9.47 Å². The summed E-state index contributed by atoms with van der Waals surface area (Å²) in [5.74, 6) is 0. The Morgan fingerprint density at radius 2 is 1.68 bits per heavy atom. The molecule has 0 aromatic carbocycles. The summed E-state index contributed by atoms with van der Waals surface area (Å²) in [6.07, 6.45) is 2.41. The Kier molecular flexibility index (Phi) is 8.26. The summed E-state index contributed by atoms with van der Waals surface area (Å²) < 4.78 is 11.8. The average Bonchev–Trinajstić information content (AvgIpc) is 2.27. The van der Waals surface area contributed by atoms with Gasteiger partial charge in [0.15, 0.2) is 0 Å². The maximum absolute atomic E-state index is 9.51. The second kappa shape index (κ2) is 8.28. The van der Waals surface area contributed by atoms with Gasteiger partial charge in [-0.2, -0.15) is 0 Å². The molecule has 4 atom stereocenters. The molecule has 0 aliphatic carbocycles. The van der Waals surface area contributed by atoms with Gasteiger partial charge < -0.3 is 14.6 Å². The monoisotopic (exact) mass is 270 g/mol. The van der Waals surface area contributed by atoms with E-state index in [0.717, 1.165) is 12.8 Å². The smallest absolute Gasteiger partial charge is 0.113 e. The molecule has 0 aromatic rings. The van der Waals surface area contributed by atoms with Crippen molar-refractivity contribution in [2.24, 2.45) is 0 Å². The van der Waals surface area contributed by atoms with E-state index >= 15 is 0 Å². The van der Waals surface area contributed by atoms with E-state index in [0.29, 0.717) is 19.4 Å². The molecular weight excluding hydrogens is 239 g/mol. The summed E-state index contributed by atoms with van der Waals surface area (Å²) in [6, 6.07) is 0. The third-order valence-corrected chi connectivity index (χ3v) is 3.64. The third-order valence-electron chi connectivity index (χ3n) is 3.64. The third kappa shape index (κ3) is 7.33. The maximum atomic E-state index is 9.51. The van der Waals surface area contributed by atoms with E-state index < -0.39 is 11.6 Å². The summed E-state index contributed by atoms with van der Waals surface area (Å²) >= 11 is 0. The van der Waals surface area contributed by atoms with Crippen molar-refractivity contribution in [1.82, 2.24) is 0 Å². The van der Waals surface area contributed by atoms with Gasteiger partial charge >= 0.3 is 0 Å². The Bertz CT molecular complexity index is 248. The fourth-order valence-corrected chi connectivity index (χ4v) is 2.48. The van der Waals surface area contributed by atoms with Crippen LogP contribution in [-0.4, -0.2) is 42.9 Å². The van der Waals surface area contributed by atoms with Crippen molar-refractivity contribution < 1.29 is 14.6 Å². The summed E-state index contributed by atoms with van der Waals surface area (Å²) in [6.45, 7) is 12.7. The molecule has 0 rings (SSSR count). The minimum absolute atomic E-state index is 0.000185. The molecule has 1 N–H and O–H groups in total. The minimum atomic E-state index is -0.756. The lowest BCUT2D eigenvalue weighted by atomic mass is 9.74. The Morgan fingerprint density at radius 3 is 2.05 bits per heavy atom. The summed E-state index contributed by atoms with van der Waals surface area (Å²) in [4.78, 5) is 0. The van der Waals surface area contributed by atoms with Crippen LogP contribution in [0.4, 0.5) is 0 Å². The average molecular weight is 270 g/mol. The Balaban J connectivity index is 4.52. The van der Waals surface area contributed by atoms with Gasteiger partial charge in [0.05, 0.1) is 17.8 Å². The van der Waals surface area contributed by atoms with Crippen LogP contribution in [0.15, 0.2) is 0 Å². The van der Waals surface area contributed by atoms with Crippen molar-refractivity contribution in [3.8, 4) is 0 Å². The second-order valence-electron chi connectivity index (χ2n) is 5.84. The van der Waals surface area contributed by atoms with Gasteiger partial charge in [-0.05, 0) is 47.0 Å². The van der Waals surface area contributed by atoms with E-state index in [4.69, 9.17) is 17.3 Å². The summed E-state index contributed by atoms with van der Waals surface area (Å²) in [7, 11) is 6.21. The molecule has 112 valence electrons. The Labute approximate surface area is 120 Å². The van der Waals surface area contributed by atoms with E-state index in [1.54, 1.807) is 6.92 Å². The first-order valence-corrected chi connectivity index (χ1v) is 7.49. The first-order chi connectivity index (χ1) is 8.70. The Hall–Kier alpha value is -0.0551. The lowest BCUT2D eigenvalue weighted by Gasteiger charge is -2.37. The molecule has 2 radical (unpaired) electrons. The van der Waals surface area contributed by atoms with Gasteiger partial charge in [0.1, 0.15) is 7.85 Å². The van der Waals surface area contributed by atoms with Crippen LogP contribution in [0, 0.1) is 0 Å². The molecule has 0 bridgehead atoms. The van der Waals surface area contributed by atoms with Crippen molar-refractivity contribution in [3.63, 3.8) is 0 Å². The zero-order valence-electron chi connectivity index (χ0n) is 13.5. The highest BCUT2D eigenvalue weighted by atomic mass is 16.5. The molecular formula is C15H31BO3. The lowest BCUT2D eigenvalue weighted by Crippen LogP contribution is -2.42. The fraction of sp³-hybridized carbons (Fsp3) is 1.00. The van der Waals surface area contributed by atoms with Gasteiger partial charge in [-0.1, -0.05) is 13.8 Å². The number of rotatable bonds is 10. The molecule has 19 heavy (non-hydrogen) atoms. The number of hydrogen-bond donors (Lipinski definition) is 1. The quantitative estimate of drug-likeness (QED) is 0.620. The zero-order chi connectivity index (χ0) is 15.1. The molecule has 0 spiro atoms. The van der Waals surface area contributed by atoms with Gasteiger partial charge in [0.2, 0.25) is 0 Å².